The van der Waals surface area contributed by atoms with Gasteiger partial charge in [-0.1, -0.05) is 36.7 Å². The first-order chi connectivity index (χ1) is 5.61. The molecule has 0 aromatic rings. The molecule has 1 nitrogen and oxygen atoms in total. The molecule has 0 radical (unpaired) electrons. The molecule has 0 aromatic carbocycles. The predicted octanol–water partition coefficient (Wildman–Crippen LogP) is 3.28. The molecule has 1 atom stereocenters. The van der Waals surface area contributed by atoms with Crippen LogP contribution >= 0.6 is 15.9 Å². The van der Waals surface area contributed by atoms with E-state index in [1.54, 1.807) is 0 Å². The van der Waals surface area contributed by atoms with E-state index in [1.165, 1.54) is 25.8 Å². The zero-order chi connectivity index (χ0) is 9.56. The number of alkyl halides is 1. The molecule has 0 saturated carbocycles. The molecule has 0 N–H and O–H groups in total. The molecule has 0 rings (SSSR count). The van der Waals surface area contributed by atoms with E-state index in [4.69, 9.17) is 0 Å². The van der Waals surface area contributed by atoms with Gasteiger partial charge < -0.3 is 4.90 Å². The van der Waals surface area contributed by atoms with E-state index in [1.807, 2.05) is 0 Å². The minimum atomic E-state index is 0.648. The summed E-state index contributed by atoms with van der Waals surface area (Å²) in [6.45, 7) is 7.95. The molecule has 0 aromatic heterocycles. The van der Waals surface area contributed by atoms with Gasteiger partial charge in [-0.05, 0) is 32.9 Å². The highest BCUT2D eigenvalue weighted by Crippen LogP contribution is 2.09. The summed E-state index contributed by atoms with van der Waals surface area (Å²) in [7, 11) is 2.23. The smallest absolute Gasteiger partial charge is 0.0129 e. The van der Waals surface area contributed by atoms with Crippen LogP contribution in [-0.2, 0) is 0 Å². The first-order valence-corrected chi connectivity index (χ1v) is 5.87. The van der Waals surface area contributed by atoms with Crippen molar-refractivity contribution >= 4 is 15.9 Å². The Labute approximate surface area is 85.7 Å². The molecule has 0 amide bonds. The molecule has 2 heteroatoms. The molecule has 74 valence electrons. The maximum absolute atomic E-state index is 3.57. The van der Waals surface area contributed by atoms with Gasteiger partial charge in [0.25, 0.3) is 0 Å². The summed E-state index contributed by atoms with van der Waals surface area (Å²) in [5.74, 6) is 0. The third-order valence-corrected chi connectivity index (χ3v) is 2.90. The Morgan fingerprint density at radius 2 is 1.75 bits per heavy atom. The Morgan fingerprint density at radius 3 is 2.08 bits per heavy atom. The van der Waals surface area contributed by atoms with Gasteiger partial charge in [-0.2, -0.15) is 0 Å². The summed E-state index contributed by atoms with van der Waals surface area (Å²) in [4.78, 5) is 3.12. The first-order valence-electron chi connectivity index (χ1n) is 4.96. The van der Waals surface area contributed by atoms with Crippen molar-refractivity contribution in [2.45, 2.75) is 50.9 Å². The number of rotatable bonds is 6. The van der Waals surface area contributed by atoms with E-state index in [2.05, 4.69) is 48.6 Å². The lowest BCUT2D eigenvalue weighted by atomic mass is 10.1. The van der Waals surface area contributed by atoms with Crippen LogP contribution in [0.1, 0.15) is 40.0 Å². The second-order valence-corrected chi connectivity index (χ2v) is 5.08. The normalized spacial score (nSPS) is 14.2. The maximum Gasteiger partial charge on any atom is 0.0129 e. The SMILES string of the molecule is CCC(CC)N(C)CCC(C)Br. The first kappa shape index (κ1) is 12.4. The highest BCUT2D eigenvalue weighted by molar-refractivity contribution is 9.09. The number of hydrogen-bond donors (Lipinski definition) is 0. The van der Waals surface area contributed by atoms with E-state index >= 15 is 0 Å². The molecule has 12 heavy (non-hydrogen) atoms. The lowest BCUT2D eigenvalue weighted by Gasteiger charge is -2.26. The van der Waals surface area contributed by atoms with E-state index in [-0.39, 0.29) is 0 Å². The van der Waals surface area contributed by atoms with Crippen molar-refractivity contribution in [2.24, 2.45) is 0 Å². The van der Waals surface area contributed by atoms with Crippen molar-refractivity contribution in [1.29, 1.82) is 0 Å². The predicted molar refractivity (Wildman–Crippen MR) is 60.0 cm³/mol. The molecule has 0 aliphatic rings. The molecule has 0 aliphatic carbocycles. The zero-order valence-corrected chi connectivity index (χ0v) is 10.4. The minimum absolute atomic E-state index is 0.648. The van der Waals surface area contributed by atoms with Gasteiger partial charge in [-0.15, -0.1) is 0 Å². The van der Waals surface area contributed by atoms with Crippen LogP contribution in [0.3, 0.4) is 0 Å². The van der Waals surface area contributed by atoms with Crippen LogP contribution in [-0.4, -0.2) is 29.4 Å². The summed E-state index contributed by atoms with van der Waals surface area (Å²) in [6.07, 6.45) is 3.78. The number of nitrogens with zero attached hydrogens (tertiary/aromatic N) is 1. The quantitative estimate of drug-likeness (QED) is 0.640. The maximum atomic E-state index is 3.57. The van der Waals surface area contributed by atoms with Crippen molar-refractivity contribution in [3.63, 3.8) is 0 Å². The molecule has 0 saturated heterocycles. The van der Waals surface area contributed by atoms with Gasteiger partial charge in [-0.3, -0.25) is 0 Å². The van der Waals surface area contributed by atoms with Crippen molar-refractivity contribution < 1.29 is 0 Å². The van der Waals surface area contributed by atoms with Gasteiger partial charge in [0, 0.05) is 10.9 Å². The Hall–Kier alpha value is 0.440. The van der Waals surface area contributed by atoms with Gasteiger partial charge in [0.2, 0.25) is 0 Å². The summed E-state index contributed by atoms with van der Waals surface area (Å²) in [5.41, 5.74) is 0. The van der Waals surface area contributed by atoms with Gasteiger partial charge in [-0.25, -0.2) is 0 Å². The average Bonchev–Trinajstić information content (AvgIpc) is 2.03. The Balaban J connectivity index is 3.61. The zero-order valence-electron chi connectivity index (χ0n) is 8.81. The van der Waals surface area contributed by atoms with E-state index in [0.29, 0.717) is 4.83 Å². The Bertz CT molecular complexity index is 100. The van der Waals surface area contributed by atoms with Crippen molar-refractivity contribution in [1.82, 2.24) is 4.90 Å². The molecule has 0 bridgehead atoms. The largest absolute Gasteiger partial charge is 0.303 e. The topological polar surface area (TPSA) is 3.24 Å². The third-order valence-electron chi connectivity index (χ3n) is 2.45. The molecular weight excluding hydrogens is 214 g/mol. The second kappa shape index (κ2) is 6.90. The van der Waals surface area contributed by atoms with Gasteiger partial charge in [0.15, 0.2) is 0 Å². The van der Waals surface area contributed by atoms with Crippen LogP contribution in [0.15, 0.2) is 0 Å². The van der Waals surface area contributed by atoms with Crippen LogP contribution < -0.4 is 0 Å². The van der Waals surface area contributed by atoms with Crippen LogP contribution in [0.4, 0.5) is 0 Å². The van der Waals surface area contributed by atoms with Crippen molar-refractivity contribution in [3.05, 3.63) is 0 Å². The Morgan fingerprint density at radius 1 is 1.25 bits per heavy atom. The molecule has 0 aliphatic heterocycles. The van der Waals surface area contributed by atoms with E-state index < -0.39 is 0 Å². The molecule has 0 spiro atoms. The lowest BCUT2D eigenvalue weighted by Crippen LogP contribution is -2.32. The summed E-state index contributed by atoms with van der Waals surface area (Å²) < 4.78 is 0. The highest BCUT2D eigenvalue weighted by atomic mass is 79.9. The monoisotopic (exact) mass is 235 g/mol. The average molecular weight is 236 g/mol. The minimum Gasteiger partial charge on any atom is -0.303 e. The van der Waals surface area contributed by atoms with Gasteiger partial charge in [0.05, 0.1) is 0 Å². The molecular formula is C10H22BrN. The van der Waals surface area contributed by atoms with Gasteiger partial charge >= 0.3 is 0 Å². The van der Waals surface area contributed by atoms with E-state index in [9.17, 15) is 0 Å². The van der Waals surface area contributed by atoms with Crippen molar-refractivity contribution in [2.75, 3.05) is 13.6 Å². The lowest BCUT2D eigenvalue weighted by molar-refractivity contribution is 0.228. The fourth-order valence-corrected chi connectivity index (χ4v) is 1.68. The van der Waals surface area contributed by atoms with Crippen LogP contribution in [0.25, 0.3) is 0 Å². The fourth-order valence-electron chi connectivity index (χ4n) is 1.48. The van der Waals surface area contributed by atoms with Crippen molar-refractivity contribution in [3.8, 4) is 0 Å². The number of halogens is 1. The van der Waals surface area contributed by atoms with Crippen LogP contribution in [0.5, 0.6) is 0 Å². The van der Waals surface area contributed by atoms with E-state index in [0.717, 1.165) is 6.04 Å². The third kappa shape index (κ3) is 5.15. The molecule has 0 fully saturated rings. The second-order valence-electron chi connectivity index (χ2n) is 3.52. The highest BCUT2D eigenvalue weighted by Gasteiger charge is 2.10. The fraction of sp³-hybridized carbons (Fsp3) is 1.00. The summed E-state index contributed by atoms with van der Waals surface area (Å²) >= 11 is 3.57. The summed E-state index contributed by atoms with van der Waals surface area (Å²) in [5, 5.41) is 0. The molecule has 0 heterocycles. The number of hydrogen-bond acceptors (Lipinski definition) is 1. The van der Waals surface area contributed by atoms with Gasteiger partial charge in [0.1, 0.15) is 0 Å². The molecule has 1 unspecified atom stereocenters. The Kier molecular flexibility index (Phi) is 7.16. The standard InChI is InChI=1S/C10H22BrN/c1-5-10(6-2)12(4)8-7-9(3)11/h9-10H,5-8H2,1-4H3. The van der Waals surface area contributed by atoms with Crippen LogP contribution in [0.2, 0.25) is 0 Å². The van der Waals surface area contributed by atoms with Crippen LogP contribution in [0, 0.1) is 0 Å². The summed E-state index contributed by atoms with van der Waals surface area (Å²) in [6, 6.07) is 0.774.